The van der Waals surface area contributed by atoms with Crippen molar-refractivity contribution in [3.8, 4) is 11.4 Å². The van der Waals surface area contributed by atoms with E-state index in [-0.39, 0.29) is 36.3 Å². The highest BCUT2D eigenvalue weighted by Gasteiger charge is 2.30. The molecule has 1 amide bonds. The van der Waals surface area contributed by atoms with Crippen molar-refractivity contribution in [2.45, 2.75) is 12.6 Å². The molecular formula is C16H12F3N3O3. The van der Waals surface area contributed by atoms with Gasteiger partial charge in [0.25, 0.3) is 5.91 Å². The van der Waals surface area contributed by atoms with E-state index in [1.165, 1.54) is 24.5 Å². The van der Waals surface area contributed by atoms with Crippen LogP contribution in [-0.2, 0) is 12.6 Å². The molecule has 9 heteroatoms. The van der Waals surface area contributed by atoms with Crippen molar-refractivity contribution >= 4 is 5.91 Å². The Morgan fingerprint density at radius 2 is 1.92 bits per heavy atom. The molecule has 0 unspecified atom stereocenters. The zero-order valence-corrected chi connectivity index (χ0v) is 12.7. The van der Waals surface area contributed by atoms with Crippen LogP contribution in [0.4, 0.5) is 13.2 Å². The number of aromatic nitrogens is 2. The van der Waals surface area contributed by atoms with Crippen LogP contribution in [0.1, 0.15) is 22.0 Å². The predicted molar refractivity (Wildman–Crippen MR) is 79.5 cm³/mol. The van der Waals surface area contributed by atoms with Gasteiger partial charge in [-0.25, -0.2) is 0 Å². The van der Waals surface area contributed by atoms with E-state index in [4.69, 9.17) is 8.94 Å². The van der Waals surface area contributed by atoms with E-state index in [2.05, 4.69) is 15.5 Å². The number of hydrogen-bond donors (Lipinski definition) is 1. The van der Waals surface area contributed by atoms with Gasteiger partial charge in [0.15, 0.2) is 5.76 Å². The maximum atomic E-state index is 12.5. The number of halogens is 3. The second-order valence-electron chi connectivity index (χ2n) is 5.07. The quantitative estimate of drug-likeness (QED) is 0.763. The number of alkyl halides is 3. The maximum Gasteiger partial charge on any atom is 0.416 e. The maximum absolute atomic E-state index is 12.5. The average Bonchev–Trinajstić information content (AvgIpc) is 3.26. The van der Waals surface area contributed by atoms with Crippen LogP contribution in [0.25, 0.3) is 11.4 Å². The SMILES string of the molecule is O=C(NCCc1nc(-c2ccc(C(F)(F)F)cc2)no1)c1ccco1. The van der Waals surface area contributed by atoms with Gasteiger partial charge < -0.3 is 14.3 Å². The molecule has 1 aromatic carbocycles. The standard InChI is InChI=1S/C16H12F3N3O3/c17-16(18,19)11-5-3-10(4-6-11)14-21-13(25-22-14)7-8-20-15(23)12-2-1-9-24-12/h1-6,9H,7-8H2,(H,20,23). The van der Waals surface area contributed by atoms with E-state index < -0.39 is 11.7 Å². The molecule has 0 saturated carbocycles. The molecule has 0 spiro atoms. The fourth-order valence-electron chi connectivity index (χ4n) is 2.06. The lowest BCUT2D eigenvalue weighted by atomic mass is 10.1. The summed E-state index contributed by atoms with van der Waals surface area (Å²) in [7, 11) is 0. The molecule has 0 aliphatic carbocycles. The van der Waals surface area contributed by atoms with Gasteiger partial charge >= 0.3 is 6.18 Å². The Balaban J connectivity index is 1.58. The van der Waals surface area contributed by atoms with Crippen LogP contribution in [0.15, 0.2) is 51.6 Å². The number of hydrogen-bond acceptors (Lipinski definition) is 5. The molecule has 2 aromatic heterocycles. The average molecular weight is 351 g/mol. The second-order valence-corrected chi connectivity index (χ2v) is 5.07. The van der Waals surface area contributed by atoms with E-state index in [0.717, 1.165) is 12.1 Å². The lowest BCUT2D eigenvalue weighted by Crippen LogP contribution is -2.25. The molecule has 0 radical (unpaired) electrons. The van der Waals surface area contributed by atoms with Crippen molar-refractivity contribution in [1.82, 2.24) is 15.5 Å². The van der Waals surface area contributed by atoms with E-state index >= 15 is 0 Å². The first kappa shape index (κ1) is 16.7. The van der Waals surface area contributed by atoms with Crippen molar-refractivity contribution in [2.75, 3.05) is 6.54 Å². The Kier molecular flexibility index (Phi) is 4.55. The molecule has 0 bridgehead atoms. The lowest BCUT2D eigenvalue weighted by molar-refractivity contribution is -0.137. The summed E-state index contributed by atoms with van der Waals surface area (Å²) in [4.78, 5) is 15.8. The van der Waals surface area contributed by atoms with E-state index in [1.54, 1.807) is 6.07 Å². The number of rotatable bonds is 5. The van der Waals surface area contributed by atoms with Gasteiger partial charge in [-0.2, -0.15) is 18.2 Å². The summed E-state index contributed by atoms with van der Waals surface area (Å²) in [6.07, 6.45) is -2.73. The Morgan fingerprint density at radius 3 is 2.56 bits per heavy atom. The van der Waals surface area contributed by atoms with Gasteiger partial charge in [-0.15, -0.1) is 0 Å². The molecule has 2 heterocycles. The van der Waals surface area contributed by atoms with Crippen LogP contribution >= 0.6 is 0 Å². The highest BCUT2D eigenvalue weighted by Crippen LogP contribution is 2.30. The van der Waals surface area contributed by atoms with Gasteiger partial charge in [0, 0.05) is 18.5 Å². The van der Waals surface area contributed by atoms with E-state index in [0.29, 0.717) is 5.56 Å². The second kappa shape index (κ2) is 6.80. The molecule has 130 valence electrons. The fraction of sp³-hybridized carbons (Fsp3) is 0.188. The topological polar surface area (TPSA) is 81.2 Å². The third kappa shape index (κ3) is 4.06. The molecule has 0 atom stereocenters. The molecule has 0 aliphatic heterocycles. The summed E-state index contributed by atoms with van der Waals surface area (Å²) < 4.78 is 47.6. The van der Waals surface area contributed by atoms with Crippen molar-refractivity contribution in [2.24, 2.45) is 0 Å². The minimum Gasteiger partial charge on any atom is -0.459 e. The fourth-order valence-corrected chi connectivity index (χ4v) is 2.06. The zero-order chi connectivity index (χ0) is 17.9. The Morgan fingerprint density at radius 1 is 1.16 bits per heavy atom. The predicted octanol–water partition coefficient (Wildman–Crippen LogP) is 3.32. The van der Waals surface area contributed by atoms with E-state index in [9.17, 15) is 18.0 Å². The molecule has 0 saturated heterocycles. The third-order valence-corrected chi connectivity index (χ3v) is 3.31. The van der Waals surface area contributed by atoms with Crippen molar-refractivity contribution in [1.29, 1.82) is 0 Å². The van der Waals surface area contributed by atoms with Gasteiger partial charge in [-0.1, -0.05) is 17.3 Å². The van der Waals surface area contributed by atoms with Gasteiger partial charge in [0.2, 0.25) is 11.7 Å². The molecular weight excluding hydrogens is 339 g/mol. The summed E-state index contributed by atoms with van der Waals surface area (Å²) in [6.45, 7) is 0.244. The van der Waals surface area contributed by atoms with Crippen molar-refractivity contribution in [3.63, 3.8) is 0 Å². The Labute approximate surface area is 139 Å². The van der Waals surface area contributed by atoms with Gasteiger partial charge in [-0.05, 0) is 24.3 Å². The van der Waals surface area contributed by atoms with Crippen molar-refractivity contribution in [3.05, 3.63) is 59.9 Å². The summed E-state index contributed by atoms with van der Waals surface area (Å²) in [5.41, 5.74) is -0.344. The number of nitrogens with one attached hydrogen (secondary N) is 1. The van der Waals surface area contributed by atoms with Crippen LogP contribution in [-0.4, -0.2) is 22.6 Å². The van der Waals surface area contributed by atoms with Crippen LogP contribution < -0.4 is 5.32 Å². The smallest absolute Gasteiger partial charge is 0.416 e. The minimum absolute atomic E-state index is 0.182. The highest BCUT2D eigenvalue weighted by atomic mass is 19.4. The van der Waals surface area contributed by atoms with Crippen LogP contribution in [0.3, 0.4) is 0 Å². The zero-order valence-electron chi connectivity index (χ0n) is 12.7. The first-order valence-electron chi connectivity index (χ1n) is 7.25. The van der Waals surface area contributed by atoms with Crippen LogP contribution in [0.5, 0.6) is 0 Å². The molecule has 3 rings (SSSR count). The number of furan rings is 1. The Bertz CT molecular complexity index is 840. The highest BCUT2D eigenvalue weighted by molar-refractivity contribution is 5.91. The van der Waals surface area contributed by atoms with Gasteiger partial charge in [0.05, 0.1) is 11.8 Å². The molecule has 0 fully saturated rings. The molecule has 0 aliphatic rings. The van der Waals surface area contributed by atoms with Crippen molar-refractivity contribution < 1.29 is 26.9 Å². The number of carbonyl (C=O) groups is 1. The van der Waals surface area contributed by atoms with Crippen LogP contribution in [0.2, 0.25) is 0 Å². The largest absolute Gasteiger partial charge is 0.459 e. The summed E-state index contributed by atoms with van der Waals surface area (Å²) in [5, 5.41) is 6.35. The Hall–Kier alpha value is -3.10. The number of nitrogens with zero attached hydrogens (tertiary/aromatic N) is 2. The first-order valence-corrected chi connectivity index (χ1v) is 7.25. The van der Waals surface area contributed by atoms with E-state index in [1.807, 2.05) is 0 Å². The third-order valence-electron chi connectivity index (χ3n) is 3.31. The van der Waals surface area contributed by atoms with Gasteiger partial charge in [-0.3, -0.25) is 4.79 Å². The summed E-state index contributed by atoms with van der Waals surface area (Å²) in [5.74, 6) is 0.263. The normalized spacial score (nSPS) is 11.5. The number of amides is 1. The summed E-state index contributed by atoms with van der Waals surface area (Å²) in [6, 6.07) is 7.59. The molecule has 3 aromatic rings. The minimum atomic E-state index is -4.40. The first-order chi connectivity index (χ1) is 11.9. The monoisotopic (exact) mass is 351 g/mol. The van der Waals surface area contributed by atoms with Crippen LogP contribution in [0, 0.1) is 0 Å². The van der Waals surface area contributed by atoms with Gasteiger partial charge in [0.1, 0.15) is 0 Å². The molecule has 1 N–H and O–H groups in total. The number of carbonyl (C=O) groups excluding carboxylic acids is 1. The summed E-state index contributed by atoms with van der Waals surface area (Å²) >= 11 is 0. The molecule has 25 heavy (non-hydrogen) atoms. The molecule has 6 nitrogen and oxygen atoms in total. The lowest BCUT2D eigenvalue weighted by Gasteiger charge is -2.05. The number of benzene rings is 1.